The number of para-hydroxylation sites is 2. The van der Waals surface area contributed by atoms with Crippen molar-refractivity contribution in [1.29, 1.82) is 0 Å². The van der Waals surface area contributed by atoms with Gasteiger partial charge >= 0.3 is 12.4 Å². The quantitative estimate of drug-likeness (QED) is 0.613. The fourth-order valence-electron chi connectivity index (χ4n) is 2.06. The second-order valence-corrected chi connectivity index (χ2v) is 4.70. The Kier molecular flexibility index (Phi) is 4.44. The van der Waals surface area contributed by atoms with Crippen molar-refractivity contribution in [1.82, 2.24) is 0 Å². The summed E-state index contributed by atoms with van der Waals surface area (Å²) in [5, 5.41) is 0. The molecule has 0 radical (unpaired) electrons. The van der Waals surface area contributed by atoms with Crippen LogP contribution in [0.2, 0.25) is 0 Å². The Morgan fingerprint density at radius 2 is 1.35 bits per heavy atom. The first-order valence-corrected chi connectivity index (χ1v) is 6.35. The molecule has 0 amide bonds. The Labute approximate surface area is 127 Å². The van der Waals surface area contributed by atoms with E-state index in [1.54, 1.807) is 6.07 Å². The lowest BCUT2D eigenvalue weighted by molar-refractivity contribution is -0.253. The van der Waals surface area contributed by atoms with Crippen LogP contribution in [0.5, 0.6) is 11.5 Å². The second-order valence-electron chi connectivity index (χ2n) is 4.70. The Bertz CT molecular complexity index is 652. The van der Waals surface area contributed by atoms with Crippen LogP contribution in [0.25, 0.3) is 0 Å². The van der Waals surface area contributed by atoms with Crippen LogP contribution in [0, 0.1) is 0 Å². The average molecular weight is 335 g/mol. The fourth-order valence-corrected chi connectivity index (χ4v) is 2.06. The van der Waals surface area contributed by atoms with Crippen molar-refractivity contribution in [2.45, 2.75) is 18.3 Å². The Hall–Kier alpha value is -2.38. The van der Waals surface area contributed by atoms with Gasteiger partial charge in [-0.3, -0.25) is 0 Å². The fraction of sp³-hybridized carbons (Fsp3) is 0.200. The van der Waals surface area contributed by atoms with Gasteiger partial charge < -0.3 is 10.5 Å². The number of anilines is 1. The van der Waals surface area contributed by atoms with Crippen LogP contribution in [0.15, 0.2) is 48.5 Å². The molecule has 0 unspecified atom stereocenters. The van der Waals surface area contributed by atoms with E-state index in [1.807, 2.05) is 0 Å². The molecular formula is C15H11F6NO. The lowest BCUT2D eigenvalue weighted by Gasteiger charge is -2.25. The number of hydrogen-bond acceptors (Lipinski definition) is 2. The average Bonchev–Trinajstić information content (AvgIpc) is 2.41. The van der Waals surface area contributed by atoms with Crippen molar-refractivity contribution in [2.75, 3.05) is 5.73 Å². The first-order valence-electron chi connectivity index (χ1n) is 6.35. The topological polar surface area (TPSA) is 35.2 Å². The monoisotopic (exact) mass is 335 g/mol. The zero-order valence-corrected chi connectivity index (χ0v) is 11.4. The standard InChI is InChI=1S/C15H11F6NO/c16-14(17,18)13(15(19,20)21)10-7-4-8-11(22)12(10)23-9-5-2-1-3-6-9/h1-8,13H,22H2. The van der Waals surface area contributed by atoms with Crippen molar-refractivity contribution in [3.8, 4) is 11.5 Å². The van der Waals surface area contributed by atoms with Gasteiger partial charge in [0.2, 0.25) is 0 Å². The highest BCUT2D eigenvalue weighted by Gasteiger charge is 2.58. The van der Waals surface area contributed by atoms with Gasteiger partial charge in [0, 0.05) is 5.56 Å². The van der Waals surface area contributed by atoms with Crippen LogP contribution < -0.4 is 10.5 Å². The molecule has 0 saturated carbocycles. The van der Waals surface area contributed by atoms with E-state index in [0.717, 1.165) is 6.07 Å². The van der Waals surface area contributed by atoms with Gasteiger partial charge in [-0.1, -0.05) is 30.3 Å². The Balaban J connectivity index is 2.56. The van der Waals surface area contributed by atoms with Gasteiger partial charge in [0.05, 0.1) is 5.69 Å². The van der Waals surface area contributed by atoms with E-state index in [1.165, 1.54) is 30.3 Å². The molecule has 23 heavy (non-hydrogen) atoms. The molecule has 2 aromatic carbocycles. The highest BCUT2D eigenvalue weighted by atomic mass is 19.4. The summed E-state index contributed by atoms with van der Waals surface area (Å²) in [7, 11) is 0. The zero-order valence-electron chi connectivity index (χ0n) is 11.4. The van der Waals surface area contributed by atoms with Crippen molar-refractivity contribution < 1.29 is 31.1 Å². The highest BCUT2D eigenvalue weighted by molar-refractivity contribution is 5.59. The molecule has 2 nitrogen and oxygen atoms in total. The van der Waals surface area contributed by atoms with E-state index in [2.05, 4.69) is 0 Å². The number of nitrogens with two attached hydrogens (primary N) is 1. The third-order valence-corrected chi connectivity index (χ3v) is 3.00. The van der Waals surface area contributed by atoms with E-state index >= 15 is 0 Å². The van der Waals surface area contributed by atoms with Crippen molar-refractivity contribution in [3.05, 3.63) is 54.1 Å². The molecule has 2 aromatic rings. The molecule has 0 aliphatic rings. The van der Waals surface area contributed by atoms with Crippen LogP contribution in [-0.2, 0) is 0 Å². The number of ether oxygens (including phenoxy) is 1. The third kappa shape index (κ3) is 3.88. The summed E-state index contributed by atoms with van der Waals surface area (Å²) in [5.41, 5.74) is 4.14. The highest BCUT2D eigenvalue weighted by Crippen LogP contribution is 2.50. The number of rotatable bonds is 3. The first kappa shape index (κ1) is 17.0. The molecule has 0 atom stereocenters. The Morgan fingerprint density at radius 3 is 1.87 bits per heavy atom. The molecule has 0 bridgehead atoms. The van der Waals surface area contributed by atoms with Gasteiger partial charge in [-0.15, -0.1) is 0 Å². The minimum atomic E-state index is -5.53. The summed E-state index contributed by atoms with van der Waals surface area (Å²) >= 11 is 0. The summed E-state index contributed by atoms with van der Waals surface area (Å²) in [4.78, 5) is 0. The molecule has 0 saturated heterocycles. The van der Waals surface area contributed by atoms with Gasteiger partial charge in [-0.2, -0.15) is 26.3 Å². The summed E-state index contributed by atoms with van der Waals surface area (Å²) in [5.74, 6) is -4.26. The first-order chi connectivity index (χ1) is 10.6. The minimum absolute atomic E-state index is 0.0785. The molecule has 0 spiro atoms. The van der Waals surface area contributed by atoms with Crippen molar-refractivity contribution in [3.63, 3.8) is 0 Å². The largest absolute Gasteiger partial charge is 0.455 e. The predicted molar refractivity (Wildman–Crippen MR) is 72.2 cm³/mol. The predicted octanol–water partition coefficient (Wildman–Crippen LogP) is 5.27. The molecule has 124 valence electrons. The molecular weight excluding hydrogens is 324 g/mol. The van der Waals surface area contributed by atoms with Crippen molar-refractivity contribution >= 4 is 5.69 Å². The summed E-state index contributed by atoms with van der Waals surface area (Å²) in [6.45, 7) is 0. The maximum atomic E-state index is 12.9. The van der Waals surface area contributed by atoms with Crippen LogP contribution in [0.1, 0.15) is 11.5 Å². The lowest BCUT2D eigenvalue weighted by atomic mass is 9.96. The summed E-state index contributed by atoms with van der Waals surface area (Å²) in [6.07, 6.45) is -11.1. The number of nitrogen functional groups attached to an aromatic ring is 1. The van der Waals surface area contributed by atoms with Crippen LogP contribution in [0.4, 0.5) is 32.0 Å². The zero-order chi connectivity index (χ0) is 17.3. The summed E-state index contributed by atoms with van der Waals surface area (Å²) < 4.78 is 82.8. The molecule has 2 N–H and O–H groups in total. The normalized spacial score (nSPS) is 12.5. The van der Waals surface area contributed by atoms with Gasteiger partial charge in [-0.25, -0.2) is 0 Å². The summed E-state index contributed by atoms with van der Waals surface area (Å²) in [6, 6.07) is 10.4. The molecule has 0 aromatic heterocycles. The third-order valence-electron chi connectivity index (χ3n) is 3.00. The smallest absolute Gasteiger partial charge is 0.404 e. The molecule has 0 aliphatic heterocycles. The number of alkyl halides is 6. The van der Waals surface area contributed by atoms with E-state index in [-0.39, 0.29) is 11.4 Å². The molecule has 0 heterocycles. The maximum absolute atomic E-state index is 12.9. The molecule has 0 fully saturated rings. The maximum Gasteiger partial charge on any atom is 0.404 e. The van der Waals surface area contributed by atoms with E-state index in [4.69, 9.17) is 10.5 Å². The molecule has 0 aliphatic carbocycles. The molecule has 8 heteroatoms. The lowest BCUT2D eigenvalue weighted by Crippen LogP contribution is -2.34. The van der Waals surface area contributed by atoms with E-state index in [9.17, 15) is 26.3 Å². The minimum Gasteiger partial charge on any atom is -0.455 e. The Morgan fingerprint density at radius 1 is 0.783 bits per heavy atom. The van der Waals surface area contributed by atoms with Crippen LogP contribution >= 0.6 is 0 Å². The molecule has 2 rings (SSSR count). The van der Waals surface area contributed by atoms with Gasteiger partial charge in [0.25, 0.3) is 0 Å². The van der Waals surface area contributed by atoms with E-state index < -0.39 is 29.6 Å². The second kappa shape index (κ2) is 6.02. The number of halogens is 6. The SMILES string of the molecule is Nc1cccc(C(C(F)(F)F)C(F)(F)F)c1Oc1ccccc1. The van der Waals surface area contributed by atoms with Crippen LogP contribution in [-0.4, -0.2) is 12.4 Å². The number of hydrogen-bond donors (Lipinski definition) is 1. The van der Waals surface area contributed by atoms with E-state index in [0.29, 0.717) is 6.07 Å². The van der Waals surface area contributed by atoms with Gasteiger partial charge in [-0.05, 0) is 18.2 Å². The van der Waals surface area contributed by atoms with Gasteiger partial charge in [0.1, 0.15) is 5.75 Å². The van der Waals surface area contributed by atoms with Crippen molar-refractivity contribution in [2.24, 2.45) is 0 Å². The van der Waals surface area contributed by atoms with Gasteiger partial charge in [0.15, 0.2) is 11.7 Å². The van der Waals surface area contributed by atoms with Crippen LogP contribution in [0.3, 0.4) is 0 Å². The number of benzene rings is 2.